The third kappa shape index (κ3) is 3.20. The zero-order valence-corrected chi connectivity index (χ0v) is 12.4. The second-order valence-corrected chi connectivity index (χ2v) is 5.89. The Morgan fingerprint density at radius 2 is 2.05 bits per heavy atom. The number of benzene rings is 1. The minimum Gasteiger partial charge on any atom is -0.464 e. The van der Waals surface area contributed by atoms with Gasteiger partial charge in [0.15, 0.2) is 0 Å². The van der Waals surface area contributed by atoms with Crippen LogP contribution in [0.15, 0.2) is 40.8 Å². The van der Waals surface area contributed by atoms with Gasteiger partial charge in [0.1, 0.15) is 23.4 Å². The predicted octanol–water partition coefficient (Wildman–Crippen LogP) is 2.86. The van der Waals surface area contributed by atoms with Crippen molar-refractivity contribution in [2.24, 2.45) is 11.7 Å². The van der Waals surface area contributed by atoms with Crippen LogP contribution in [0.2, 0.25) is 0 Å². The molecule has 3 rings (SSSR count). The summed E-state index contributed by atoms with van der Waals surface area (Å²) in [5.41, 5.74) is 6.06. The highest BCUT2D eigenvalue weighted by atomic mass is 19.1. The molecule has 4 nitrogen and oxygen atoms in total. The Kier molecular flexibility index (Phi) is 3.98. The molecule has 1 aliphatic carbocycles. The van der Waals surface area contributed by atoms with E-state index in [1.807, 2.05) is 12.1 Å². The number of rotatable bonds is 6. The third-order valence-electron chi connectivity index (χ3n) is 4.13. The number of carbonyl (C=O) groups is 1. The molecule has 0 aliphatic heterocycles. The van der Waals surface area contributed by atoms with Gasteiger partial charge >= 0.3 is 0 Å². The monoisotopic (exact) mass is 302 g/mol. The third-order valence-corrected chi connectivity index (χ3v) is 4.13. The SMILES string of the molecule is CC1CC1c1ccc(CNC(C(N)=O)c2ccc(F)cc2)o1. The molecule has 3 atom stereocenters. The van der Waals surface area contributed by atoms with Crippen molar-refractivity contribution in [2.45, 2.75) is 31.8 Å². The predicted molar refractivity (Wildman–Crippen MR) is 80.4 cm³/mol. The summed E-state index contributed by atoms with van der Waals surface area (Å²) in [4.78, 5) is 11.6. The Labute approximate surface area is 128 Å². The zero-order valence-electron chi connectivity index (χ0n) is 12.4. The standard InChI is InChI=1S/C17H19FN2O2/c1-10-8-14(10)15-7-6-13(22-15)9-20-16(17(19)21)11-2-4-12(18)5-3-11/h2-7,10,14,16,20H,8-9H2,1H3,(H2,19,21). The highest BCUT2D eigenvalue weighted by molar-refractivity contribution is 5.81. The molecule has 0 saturated heterocycles. The molecule has 1 aliphatic rings. The number of halogens is 1. The summed E-state index contributed by atoms with van der Waals surface area (Å²) in [7, 11) is 0. The summed E-state index contributed by atoms with van der Waals surface area (Å²) in [6.07, 6.45) is 1.17. The maximum Gasteiger partial charge on any atom is 0.239 e. The van der Waals surface area contributed by atoms with Crippen LogP contribution in [0.25, 0.3) is 0 Å². The fraction of sp³-hybridized carbons (Fsp3) is 0.353. The first-order chi connectivity index (χ1) is 10.5. The Balaban J connectivity index is 1.65. The second kappa shape index (κ2) is 5.93. The van der Waals surface area contributed by atoms with Gasteiger partial charge in [-0.15, -0.1) is 0 Å². The molecule has 1 aromatic heterocycles. The maximum absolute atomic E-state index is 13.0. The van der Waals surface area contributed by atoms with Crippen LogP contribution in [-0.4, -0.2) is 5.91 Å². The second-order valence-electron chi connectivity index (χ2n) is 5.89. The maximum atomic E-state index is 13.0. The van der Waals surface area contributed by atoms with Gasteiger partial charge in [0.05, 0.1) is 6.54 Å². The average Bonchev–Trinajstić information content (AvgIpc) is 3.03. The van der Waals surface area contributed by atoms with Crippen LogP contribution < -0.4 is 11.1 Å². The van der Waals surface area contributed by atoms with Crippen molar-refractivity contribution in [1.29, 1.82) is 0 Å². The molecule has 1 aromatic carbocycles. The van der Waals surface area contributed by atoms with Gasteiger partial charge in [-0.3, -0.25) is 10.1 Å². The normalized spacial score (nSPS) is 21.5. The molecule has 116 valence electrons. The number of hydrogen-bond donors (Lipinski definition) is 2. The first-order valence-electron chi connectivity index (χ1n) is 7.41. The van der Waals surface area contributed by atoms with Crippen LogP contribution in [0.3, 0.4) is 0 Å². The number of amides is 1. The largest absolute Gasteiger partial charge is 0.464 e. The highest BCUT2D eigenvalue weighted by Crippen LogP contribution is 2.47. The smallest absolute Gasteiger partial charge is 0.239 e. The number of carbonyl (C=O) groups excluding carboxylic acids is 1. The number of furan rings is 1. The number of nitrogens with two attached hydrogens (primary N) is 1. The van der Waals surface area contributed by atoms with Crippen LogP contribution in [0, 0.1) is 11.7 Å². The van der Waals surface area contributed by atoms with Crippen LogP contribution in [0.4, 0.5) is 4.39 Å². The van der Waals surface area contributed by atoms with E-state index in [4.69, 9.17) is 10.2 Å². The summed E-state index contributed by atoms with van der Waals surface area (Å²) >= 11 is 0. The van der Waals surface area contributed by atoms with Gasteiger partial charge in [-0.25, -0.2) is 4.39 Å². The van der Waals surface area contributed by atoms with Crippen molar-refractivity contribution in [1.82, 2.24) is 5.32 Å². The molecule has 3 unspecified atom stereocenters. The van der Waals surface area contributed by atoms with E-state index in [0.717, 1.165) is 11.5 Å². The van der Waals surface area contributed by atoms with E-state index in [9.17, 15) is 9.18 Å². The van der Waals surface area contributed by atoms with Gasteiger partial charge in [-0.1, -0.05) is 19.1 Å². The van der Waals surface area contributed by atoms with E-state index in [1.54, 1.807) is 12.1 Å². The van der Waals surface area contributed by atoms with Crippen molar-refractivity contribution in [2.75, 3.05) is 0 Å². The van der Waals surface area contributed by atoms with Crippen molar-refractivity contribution >= 4 is 5.91 Å². The Morgan fingerprint density at radius 1 is 1.36 bits per heavy atom. The lowest BCUT2D eigenvalue weighted by Crippen LogP contribution is -2.33. The van der Waals surface area contributed by atoms with E-state index in [1.165, 1.54) is 18.6 Å². The van der Waals surface area contributed by atoms with Crippen molar-refractivity contribution < 1.29 is 13.6 Å². The summed E-state index contributed by atoms with van der Waals surface area (Å²) in [5, 5.41) is 3.06. The van der Waals surface area contributed by atoms with E-state index in [-0.39, 0.29) is 5.82 Å². The Morgan fingerprint density at radius 3 is 2.64 bits per heavy atom. The molecule has 2 aromatic rings. The van der Waals surface area contributed by atoms with Gasteiger partial charge in [-0.05, 0) is 42.2 Å². The van der Waals surface area contributed by atoms with Crippen molar-refractivity contribution in [3.63, 3.8) is 0 Å². The molecule has 3 N–H and O–H groups in total. The quantitative estimate of drug-likeness (QED) is 0.862. The molecule has 5 heteroatoms. The molecule has 1 amide bonds. The Bertz CT molecular complexity index is 666. The van der Waals surface area contributed by atoms with E-state index >= 15 is 0 Å². The lowest BCUT2D eigenvalue weighted by Gasteiger charge is -2.15. The minimum absolute atomic E-state index is 0.346. The number of hydrogen-bond acceptors (Lipinski definition) is 3. The van der Waals surface area contributed by atoms with Crippen LogP contribution in [0.5, 0.6) is 0 Å². The molecule has 0 spiro atoms. The fourth-order valence-electron chi connectivity index (χ4n) is 2.65. The zero-order chi connectivity index (χ0) is 15.7. The molecule has 0 bridgehead atoms. The molecule has 0 radical (unpaired) electrons. The fourth-order valence-corrected chi connectivity index (χ4v) is 2.65. The van der Waals surface area contributed by atoms with E-state index in [2.05, 4.69) is 12.2 Å². The lowest BCUT2D eigenvalue weighted by atomic mass is 10.1. The summed E-state index contributed by atoms with van der Waals surface area (Å²) in [6, 6.07) is 8.96. The van der Waals surface area contributed by atoms with E-state index in [0.29, 0.717) is 23.9 Å². The van der Waals surface area contributed by atoms with Gasteiger partial charge in [0, 0.05) is 5.92 Å². The first kappa shape index (κ1) is 14.8. The van der Waals surface area contributed by atoms with Gasteiger partial charge in [0.25, 0.3) is 0 Å². The van der Waals surface area contributed by atoms with Crippen LogP contribution >= 0.6 is 0 Å². The average molecular weight is 302 g/mol. The molecular weight excluding hydrogens is 283 g/mol. The number of primary amides is 1. The summed E-state index contributed by atoms with van der Waals surface area (Å²) in [6.45, 7) is 2.59. The minimum atomic E-state index is -0.672. The summed E-state index contributed by atoms with van der Waals surface area (Å²) < 4.78 is 18.8. The highest BCUT2D eigenvalue weighted by Gasteiger charge is 2.36. The molecule has 1 fully saturated rings. The molecule has 1 saturated carbocycles. The topological polar surface area (TPSA) is 68.3 Å². The van der Waals surface area contributed by atoms with Crippen molar-refractivity contribution in [3.8, 4) is 0 Å². The van der Waals surface area contributed by atoms with Gasteiger partial charge in [0.2, 0.25) is 5.91 Å². The van der Waals surface area contributed by atoms with Gasteiger partial charge in [-0.2, -0.15) is 0 Å². The molecular formula is C17H19FN2O2. The van der Waals surface area contributed by atoms with Crippen LogP contribution in [-0.2, 0) is 11.3 Å². The first-order valence-corrected chi connectivity index (χ1v) is 7.41. The lowest BCUT2D eigenvalue weighted by molar-refractivity contribution is -0.120. The Hall–Kier alpha value is -2.14. The number of nitrogens with one attached hydrogen (secondary N) is 1. The van der Waals surface area contributed by atoms with Crippen LogP contribution in [0.1, 0.15) is 42.4 Å². The molecule has 1 heterocycles. The van der Waals surface area contributed by atoms with Gasteiger partial charge < -0.3 is 10.2 Å². The molecule has 22 heavy (non-hydrogen) atoms. The van der Waals surface area contributed by atoms with E-state index < -0.39 is 11.9 Å². The summed E-state index contributed by atoms with van der Waals surface area (Å²) in [5.74, 6) is 2.13. The van der Waals surface area contributed by atoms with Crippen molar-refractivity contribution in [3.05, 3.63) is 59.3 Å².